The molecule has 24 heavy (non-hydrogen) atoms. The number of carbonyl (C=O) groups is 1. The number of likely N-dealkylation sites (tertiary alicyclic amines) is 1. The lowest BCUT2D eigenvalue weighted by Crippen LogP contribution is -2.46. The maximum atomic E-state index is 12.3. The quantitative estimate of drug-likeness (QED) is 0.765. The van der Waals surface area contributed by atoms with Crippen molar-refractivity contribution >= 4 is 18.5 Å². The molecular weight excluding hydrogens is 324 g/mol. The second-order valence-corrected chi connectivity index (χ2v) is 8.10. The van der Waals surface area contributed by atoms with Crippen molar-refractivity contribution in [2.24, 2.45) is 5.73 Å². The Labute approximate surface area is 151 Å². The molecule has 134 valence electrons. The summed E-state index contributed by atoms with van der Waals surface area (Å²) in [6.45, 7) is 9.40. The molecule has 0 bridgehead atoms. The zero-order chi connectivity index (χ0) is 16.8. The highest BCUT2D eigenvalue weighted by molar-refractivity contribution is 5.85. The van der Waals surface area contributed by atoms with E-state index in [1.165, 1.54) is 16.7 Å². The van der Waals surface area contributed by atoms with Crippen LogP contribution in [0.3, 0.4) is 0 Å². The summed E-state index contributed by atoms with van der Waals surface area (Å²) in [4.78, 5) is 14.1. The van der Waals surface area contributed by atoms with Gasteiger partial charge >= 0.3 is 6.09 Å². The number of fused-ring (bicyclic) bond motifs is 2. The first-order valence-corrected chi connectivity index (χ1v) is 8.55. The summed E-state index contributed by atoms with van der Waals surface area (Å²) in [5, 5.41) is 0. The van der Waals surface area contributed by atoms with E-state index in [0.29, 0.717) is 0 Å². The zero-order valence-corrected chi connectivity index (χ0v) is 15.9. The lowest BCUT2D eigenvalue weighted by molar-refractivity contribution is 0.0162. The molecule has 2 N–H and O–H groups in total. The fraction of sp³-hybridized carbons (Fsp3) is 0.632. The zero-order valence-electron chi connectivity index (χ0n) is 15.1. The minimum atomic E-state index is -0.439. The molecule has 1 heterocycles. The predicted octanol–water partition coefficient (Wildman–Crippen LogP) is 4.09. The molecule has 1 aromatic carbocycles. The molecule has 3 rings (SSSR count). The highest BCUT2D eigenvalue weighted by Crippen LogP contribution is 2.51. The lowest BCUT2D eigenvalue weighted by atomic mass is 9.72. The minimum absolute atomic E-state index is 0. The van der Waals surface area contributed by atoms with Crippen LogP contribution in [0, 0.1) is 6.92 Å². The van der Waals surface area contributed by atoms with Crippen molar-refractivity contribution in [3.8, 4) is 0 Å². The van der Waals surface area contributed by atoms with Crippen LogP contribution < -0.4 is 5.73 Å². The third kappa shape index (κ3) is 3.40. The third-order valence-corrected chi connectivity index (χ3v) is 5.22. The molecule has 1 unspecified atom stereocenters. The number of benzene rings is 1. The number of aryl methyl sites for hydroxylation is 1. The first kappa shape index (κ1) is 19.1. The Morgan fingerprint density at radius 2 is 1.92 bits per heavy atom. The molecule has 1 aliphatic heterocycles. The summed E-state index contributed by atoms with van der Waals surface area (Å²) in [5.41, 5.74) is 10.2. The maximum Gasteiger partial charge on any atom is 0.410 e. The van der Waals surface area contributed by atoms with E-state index in [1.807, 2.05) is 25.7 Å². The molecule has 1 fully saturated rings. The van der Waals surface area contributed by atoms with E-state index in [0.717, 1.165) is 32.4 Å². The average Bonchev–Trinajstić information content (AvgIpc) is 2.72. The SMILES string of the molecule is Cc1cccc2c1C1(CCN(C(=O)OC(C)(C)C)CC1)CC2N.Cl. The Morgan fingerprint density at radius 3 is 2.50 bits per heavy atom. The molecule has 0 aromatic heterocycles. The van der Waals surface area contributed by atoms with Crippen molar-refractivity contribution in [2.75, 3.05) is 13.1 Å². The fourth-order valence-corrected chi connectivity index (χ4v) is 4.25. The van der Waals surface area contributed by atoms with E-state index in [2.05, 4.69) is 25.1 Å². The first-order chi connectivity index (χ1) is 10.7. The molecule has 0 radical (unpaired) electrons. The van der Waals surface area contributed by atoms with E-state index in [1.54, 1.807) is 0 Å². The molecule has 1 atom stereocenters. The van der Waals surface area contributed by atoms with Gasteiger partial charge in [0.05, 0.1) is 0 Å². The Hall–Kier alpha value is -1.26. The number of nitrogens with two attached hydrogens (primary N) is 1. The standard InChI is InChI=1S/C19H28N2O2.ClH/c1-13-6-5-7-14-15(20)12-19(16(13)14)8-10-21(11-9-19)17(22)23-18(2,3)4;/h5-7,15H,8-12,20H2,1-4H3;1H. The molecule has 4 nitrogen and oxygen atoms in total. The van der Waals surface area contributed by atoms with Crippen molar-refractivity contribution < 1.29 is 9.53 Å². The Kier molecular flexibility index (Phi) is 5.22. The van der Waals surface area contributed by atoms with Gasteiger partial charge in [-0.05, 0) is 63.6 Å². The Bertz CT molecular complexity index is 616. The van der Waals surface area contributed by atoms with Gasteiger partial charge in [0.1, 0.15) is 5.60 Å². The van der Waals surface area contributed by atoms with Gasteiger partial charge < -0.3 is 15.4 Å². The van der Waals surface area contributed by atoms with Crippen LogP contribution >= 0.6 is 12.4 Å². The number of hydrogen-bond acceptors (Lipinski definition) is 3. The number of piperidine rings is 1. The molecule has 1 spiro atoms. The molecule has 1 saturated heterocycles. The van der Waals surface area contributed by atoms with E-state index < -0.39 is 5.60 Å². The predicted molar refractivity (Wildman–Crippen MR) is 98.7 cm³/mol. The van der Waals surface area contributed by atoms with Crippen molar-refractivity contribution in [1.29, 1.82) is 0 Å². The summed E-state index contributed by atoms with van der Waals surface area (Å²) >= 11 is 0. The van der Waals surface area contributed by atoms with Crippen molar-refractivity contribution in [2.45, 2.75) is 64.0 Å². The molecule has 2 aliphatic rings. The second kappa shape index (κ2) is 6.57. The van der Waals surface area contributed by atoms with Crippen LogP contribution in [0.15, 0.2) is 18.2 Å². The Morgan fingerprint density at radius 1 is 1.29 bits per heavy atom. The van der Waals surface area contributed by atoms with Crippen LogP contribution in [0.1, 0.15) is 62.8 Å². The molecule has 5 heteroatoms. The van der Waals surface area contributed by atoms with Gasteiger partial charge in [0.25, 0.3) is 0 Å². The van der Waals surface area contributed by atoms with E-state index in [-0.39, 0.29) is 30.0 Å². The van der Waals surface area contributed by atoms with Crippen LogP contribution in [-0.4, -0.2) is 29.7 Å². The van der Waals surface area contributed by atoms with E-state index in [4.69, 9.17) is 10.5 Å². The van der Waals surface area contributed by atoms with Gasteiger partial charge in [-0.3, -0.25) is 0 Å². The molecule has 0 saturated carbocycles. The van der Waals surface area contributed by atoms with E-state index in [9.17, 15) is 4.79 Å². The van der Waals surface area contributed by atoms with Crippen molar-refractivity contribution in [3.05, 3.63) is 34.9 Å². The topological polar surface area (TPSA) is 55.6 Å². The van der Waals surface area contributed by atoms with Gasteiger partial charge in [0.15, 0.2) is 0 Å². The van der Waals surface area contributed by atoms with Gasteiger partial charge in [-0.2, -0.15) is 0 Å². The number of amides is 1. The van der Waals surface area contributed by atoms with Crippen LogP contribution in [0.5, 0.6) is 0 Å². The van der Waals surface area contributed by atoms with Crippen LogP contribution in [-0.2, 0) is 10.2 Å². The number of halogens is 1. The highest BCUT2D eigenvalue weighted by atomic mass is 35.5. The van der Waals surface area contributed by atoms with Gasteiger partial charge in [-0.15, -0.1) is 12.4 Å². The number of ether oxygens (including phenoxy) is 1. The van der Waals surface area contributed by atoms with Gasteiger partial charge in [-0.25, -0.2) is 4.79 Å². The van der Waals surface area contributed by atoms with Crippen LogP contribution in [0.2, 0.25) is 0 Å². The number of rotatable bonds is 0. The minimum Gasteiger partial charge on any atom is -0.444 e. The number of carbonyl (C=O) groups excluding carboxylic acids is 1. The van der Waals surface area contributed by atoms with Crippen LogP contribution in [0.25, 0.3) is 0 Å². The summed E-state index contributed by atoms with van der Waals surface area (Å²) in [7, 11) is 0. The maximum absolute atomic E-state index is 12.3. The number of hydrogen-bond donors (Lipinski definition) is 1. The second-order valence-electron chi connectivity index (χ2n) is 8.10. The molecule has 1 aromatic rings. The molecular formula is C19H29ClN2O2. The third-order valence-electron chi connectivity index (χ3n) is 5.22. The average molecular weight is 353 g/mol. The normalized spacial score (nSPS) is 22.0. The fourth-order valence-electron chi connectivity index (χ4n) is 4.25. The molecule has 1 aliphatic carbocycles. The van der Waals surface area contributed by atoms with Crippen molar-refractivity contribution in [1.82, 2.24) is 4.90 Å². The van der Waals surface area contributed by atoms with Gasteiger partial charge in [0.2, 0.25) is 0 Å². The van der Waals surface area contributed by atoms with Crippen molar-refractivity contribution in [3.63, 3.8) is 0 Å². The van der Waals surface area contributed by atoms with E-state index >= 15 is 0 Å². The Balaban J connectivity index is 0.00000208. The highest BCUT2D eigenvalue weighted by Gasteiger charge is 2.46. The van der Waals surface area contributed by atoms with Crippen LogP contribution in [0.4, 0.5) is 4.79 Å². The lowest BCUT2D eigenvalue weighted by Gasteiger charge is -2.41. The van der Waals surface area contributed by atoms with Gasteiger partial charge in [-0.1, -0.05) is 18.2 Å². The largest absolute Gasteiger partial charge is 0.444 e. The smallest absolute Gasteiger partial charge is 0.410 e. The summed E-state index contributed by atoms with van der Waals surface area (Å²) in [6, 6.07) is 6.57. The summed E-state index contributed by atoms with van der Waals surface area (Å²) < 4.78 is 5.50. The monoisotopic (exact) mass is 352 g/mol. The van der Waals surface area contributed by atoms with Gasteiger partial charge in [0, 0.05) is 24.5 Å². The first-order valence-electron chi connectivity index (χ1n) is 8.55. The number of nitrogens with zero attached hydrogens (tertiary/aromatic N) is 1. The summed E-state index contributed by atoms with van der Waals surface area (Å²) in [5.74, 6) is 0. The summed E-state index contributed by atoms with van der Waals surface area (Å²) in [6.07, 6.45) is 2.74. The molecule has 1 amide bonds.